The molecule has 1 fully saturated rings. The summed E-state index contributed by atoms with van der Waals surface area (Å²) in [4.78, 5) is 8.21. The minimum absolute atomic E-state index is 0.0409. The van der Waals surface area contributed by atoms with Crippen molar-refractivity contribution in [1.82, 2.24) is 19.7 Å². The molecule has 0 unspecified atom stereocenters. The van der Waals surface area contributed by atoms with Gasteiger partial charge >= 0.3 is 7.12 Å². The Morgan fingerprint density at radius 1 is 1.31 bits per heavy atom. The molecular weight excluding hydrogens is 336 g/mol. The predicted octanol–water partition coefficient (Wildman–Crippen LogP) is 2.81. The van der Waals surface area contributed by atoms with Crippen LogP contribution in [0.3, 0.4) is 0 Å². The van der Waals surface area contributed by atoms with Gasteiger partial charge in [0.25, 0.3) is 0 Å². The molecule has 0 aliphatic carbocycles. The summed E-state index contributed by atoms with van der Waals surface area (Å²) >= 11 is 0. The second kappa shape index (κ2) is 6.63. The van der Waals surface area contributed by atoms with Gasteiger partial charge in [-0.15, -0.1) is 0 Å². The first-order valence-corrected chi connectivity index (χ1v) is 8.17. The fourth-order valence-corrected chi connectivity index (χ4v) is 2.49. The molecule has 0 saturated carbocycles. The van der Waals surface area contributed by atoms with E-state index in [1.54, 1.807) is 6.20 Å². The van der Waals surface area contributed by atoms with Crippen molar-refractivity contribution in [3.8, 4) is 17.5 Å². The second-order valence-corrected chi connectivity index (χ2v) is 7.00. The Morgan fingerprint density at radius 3 is 2.58 bits per heavy atom. The highest BCUT2D eigenvalue weighted by molar-refractivity contribution is 6.54. The summed E-state index contributed by atoms with van der Waals surface area (Å²) in [5.41, 5.74) is -0.473. The molecule has 0 spiro atoms. The number of hydrogen-bond donors (Lipinski definition) is 0. The smallest absolute Gasteiger partial charge is 0.398 e. The van der Waals surface area contributed by atoms with Crippen LogP contribution in [-0.4, -0.2) is 38.1 Å². The minimum atomic E-state index is -1.10. The van der Waals surface area contributed by atoms with Gasteiger partial charge in [0.1, 0.15) is 23.7 Å². The number of aromatic nitrogens is 4. The highest BCUT2D eigenvalue weighted by Gasteiger charge is 2.53. The van der Waals surface area contributed by atoms with Gasteiger partial charge in [-0.2, -0.15) is 10.4 Å². The summed E-state index contributed by atoms with van der Waals surface area (Å²) in [7, 11) is -1.10. The van der Waals surface area contributed by atoms with E-state index in [0.29, 0.717) is 17.0 Å². The van der Waals surface area contributed by atoms with Crippen LogP contribution in [0.15, 0.2) is 30.5 Å². The van der Waals surface area contributed by atoms with Crippen molar-refractivity contribution in [2.45, 2.75) is 45.4 Å². The Hall–Kier alpha value is -2.57. The molecule has 26 heavy (non-hydrogen) atoms. The predicted molar refractivity (Wildman–Crippen MR) is 94.0 cm³/mol. The van der Waals surface area contributed by atoms with Gasteiger partial charge in [0.15, 0.2) is 0 Å². The van der Waals surface area contributed by atoms with Crippen molar-refractivity contribution in [3.63, 3.8) is 0 Å². The summed E-state index contributed by atoms with van der Waals surface area (Å²) in [6.07, 6.45) is 7.47. The van der Waals surface area contributed by atoms with Crippen molar-refractivity contribution >= 4 is 13.2 Å². The van der Waals surface area contributed by atoms with Crippen molar-refractivity contribution in [2.24, 2.45) is 0 Å². The van der Waals surface area contributed by atoms with Crippen molar-refractivity contribution in [2.75, 3.05) is 0 Å². The molecule has 2 aromatic rings. The highest BCUT2D eigenvalue weighted by atomic mass is 19.1. The molecule has 7 nitrogen and oxygen atoms in total. The van der Waals surface area contributed by atoms with Crippen LogP contribution in [0.25, 0.3) is 17.5 Å². The normalized spacial score (nSPS) is 18.8. The van der Waals surface area contributed by atoms with Crippen LogP contribution in [-0.2, 0) is 15.9 Å². The highest BCUT2D eigenvalue weighted by Crippen LogP contribution is 2.39. The maximum atomic E-state index is 14.8. The van der Waals surface area contributed by atoms with E-state index in [9.17, 15) is 4.39 Å². The van der Waals surface area contributed by atoms with Crippen LogP contribution >= 0.6 is 0 Å². The van der Waals surface area contributed by atoms with Gasteiger partial charge in [0.2, 0.25) is 0 Å². The van der Waals surface area contributed by atoms with Gasteiger partial charge in [0, 0.05) is 24.2 Å². The number of hydrogen-bond acceptors (Lipinski definition) is 6. The Morgan fingerprint density at radius 2 is 2.00 bits per heavy atom. The lowest BCUT2D eigenvalue weighted by molar-refractivity contribution is 0.00578. The average molecular weight is 355 g/mol. The second-order valence-electron chi connectivity index (χ2n) is 7.00. The molecule has 1 aliphatic rings. The summed E-state index contributed by atoms with van der Waals surface area (Å²) < 4.78 is 27.7. The lowest BCUT2D eigenvalue weighted by Crippen LogP contribution is -2.41. The maximum Gasteiger partial charge on any atom is 0.525 e. The topological polar surface area (TPSA) is 85.9 Å². The minimum Gasteiger partial charge on any atom is -0.398 e. The molecule has 0 amide bonds. The molecule has 134 valence electrons. The molecule has 3 heterocycles. The number of halogens is 1. The van der Waals surface area contributed by atoms with E-state index >= 15 is 0 Å². The van der Waals surface area contributed by atoms with E-state index < -0.39 is 24.0 Å². The molecule has 1 saturated heterocycles. The fourth-order valence-electron chi connectivity index (χ4n) is 2.49. The van der Waals surface area contributed by atoms with Gasteiger partial charge in [-0.3, -0.25) is 14.6 Å². The number of nitrogens with zero attached hydrogens (tertiary/aromatic N) is 5. The van der Waals surface area contributed by atoms with Gasteiger partial charge in [-0.1, -0.05) is 0 Å². The molecule has 1 aliphatic heterocycles. The lowest BCUT2D eigenvalue weighted by atomic mass is 9.87. The standard InChI is InChI=1S/C17H19BFN5O2/c1-16(2)17(3,4)26-18(25-16)14(19)9-12-11-24(8-5-20)23-15(12)13-10-21-6-7-22-13/h6-7,9-11H,8H2,1-4H3. The van der Waals surface area contributed by atoms with Crippen molar-refractivity contribution < 1.29 is 13.7 Å². The molecule has 9 heteroatoms. The van der Waals surface area contributed by atoms with E-state index in [2.05, 4.69) is 15.1 Å². The Balaban J connectivity index is 1.96. The zero-order chi connectivity index (χ0) is 18.9. The number of rotatable bonds is 4. The van der Waals surface area contributed by atoms with E-state index in [-0.39, 0.29) is 6.54 Å². The summed E-state index contributed by atoms with van der Waals surface area (Å²) in [6, 6.07) is 2.01. The lowest BCUT2D eigenvalue weighted by Gasteiger charge is -2.32. The van der Waals surface area contributed by atoms with E-state index in [1.165, 1.54) is 29.3 Å². The third-order valence-corrected chi connectivity index (χ3v) is 4.60. The van der Waals surface area contributed by atoms with Gasteiger partial charge in [0.05, 0.1) is 23.5 Å². The third kappa shape index (κ3) is 3.38. The van der Waals surface area contributed by atoms with Gasteiger partial charge in [-0.25, -0.2) is 4.39 Å². The summed E-state index contributed by atoms with van der Waals surface area (Å²) in [5.74, 6) is 0. The molecule has 0 radical (unpaired) electrons. The van der Waals surface area contributed by atoms with E-state index in [1.807, 2.05) is 33.8 Å². The average Bonchev–Trinajstić information content (AvgIpc) is 3.06. The van der Waals surface area contributed by atoms with E-state index in [0.717, 1.165) is 0 Å². The van der Waals surface area contributed by atoms with Crippen molar-refractivity contribution in [3.05, 3.63) is 36.1 Å². The molecule has 0 N–H and O–H groups in total. The Kier molecular flexibility index (Phi) is 4.65. The summed E-state index contributed by atoms with van der Waals surface area (Å²) in [6.45, 7) is 7.47. The van der Waals surface area contributed by atoms with Gasteiger partial charge < -0.3 is 9.31 Å². The first-order chi connectivity index (χ1) is 12.2. The van der Waals surface area contributed by atoms with Crippen LogP contribution in [0.5, 0.6) is 0 Å². The maximum absolute atomic E-state index is 14.8. The SMILES string of the molecule is CC1(C)OB(C(F)=Cc2cn(CC#N)nc2-c2cnccn2)OC1(C)C. The third-order valence-electron chi connectivity index (χ3n) is 4.60. The molecular formula is C17H19BFN5O2. The molecule has 2 aromatic heterocycles. The summed E-state index contributed by atoms with van der Waals surface area (Å²) in [5, 5.41) is 13.2. The molecule has 0 bridgehead atoms. The van der Waals surface area contributed by atoms with Gasteiger partial charge in [-0.05, 0) is 33.8 Å². The first kappa shape index (κ1) is 18.2. The first-order valence-electron chi connectivity index (χ1n) is 8.17. The van der Waals surface area contributed by atoms with Crippen LogP contribution in [0.1, 0.15) is 33.3 Å². The largest absolute Gasteiger partial charge is 0.525 e. The molecule has 0 atom stereocenters. The molecule has 3 rings (SSSR count). The Bertz CT molecular complexity index is 857. The quantitative estimate of drug-likeness (QED) is 0.784. The van der Waals surface area contributed by atoms with Crippen LogP contribution < -0.4 is 0 Å². The Labute approximate surface area is 151 Å². The van der Waals surface area contributed by atoms with Crippen molar-refractivity contribution in [1.29, 1.82) is 5.26 Å². The number of nitriles is 1. The zero-order valence-corrected chi connectivity index (χ0v) is 15.1. The monoisotopic (exact) mass is 355 g/mol. The zero-order valence-electron chi connectivity index (χ0n) is 15.1. The van der Waals surface area contributed by atoms with Crippen LogP contribution in [0.2, 0.25) is 0 Å². The molecule has 0 aromatic carbocycles. The van der Waals surface area contributed by atoms with Crippen LogP contribution in [0.4, 0.5) is 4.39 Å². The van der Waals surface area contributed by atoms with E-state index in [4.69, 9.17) is 14.6 Å². The van der Waals surface area contributed by atoms with Crippen LogP contribution in [0, 0.1) is 11.3 Å². The fraction of sp³-hybridized carbons (Fsp3) is 0.412.